The van der Waals surface area contributed by atoms with Crippen LogP contribution in [0.2, 0.25) is 0 Å². The van der Waals surface area contributed by atoms with Crippen LogP contribution in [0.5, 0.6) is 0 Å². The van der Waals surface area contributed by atoms with Gasteiger partial charge in [0.1, 0.15) is 11.9 Å². The topological polar surface area (TPSA) is 98.6 Å². The second-order valence-corrected chi connectivity index (χ2v) is 9.14. The molecule has 1 saturated heterocycles. The number of rotatable bonds is 3. The van der Waals surface area contributed by atoms with Crippen LogP contribution >= 0.6 is 0 Å². The van der Waals surface area contributed by atoms with Crippen LogP contribution in [0, 0.1) is 18.3 Å². The lowest BCUT2D eigenvalue weighted by Gasteiger charge is -2.37. The Morgan fingerprint density at radius 3 is 2.52 bits per heavy atom. The smallest absolute Gasteiger partial charge is 0.312 e. The number of amides is 2. The maximum atomic E-state index is 12.6. The molecule has 8 nitrogen and oxygen atoms in total. The molecule has 2 aromatic rings. The van der Waals surface area contributed by atoms with Gasteiger partial charge in [-0.3, -0.25) is 9.59 Å². The minimum absolute atomic E-state index is 0.315. The lowest BCUT2D eigenvalue weighted by molar-refractivity contribution is -0.146. The van der Waals surface area contributed by atoms with Crippen molar-refractivity contribution in [3.63, 3.8) is 0 Å². The van der Waals surface area contributed by atoms with E-state index in [4.69, 9.17) is 9.72 Å². The fraction of sp³-hybridized carbons (Fsp3) is 0.440. The summed E-state index contributed by atoms with van der Waals surface area (Å²) < 4.78 is 5.92. The molecule has 172 valence electrons. The standard InChI is InChI=1S/C25H29N5O3/c1-17-21-16-33-25(2,3)13-19(21)20(14-26)22(28-17)29-9-11-30(12-10-29)24(32)23(31)27-15-18-7-5-4-6-8-18/h4-8H,9-13,15-16H2,1-3H3,(H,27,31). The molecule has 0 bridgehead atoms. The molecule has 0 aliphatic carbocycles. The Labute approximate surface area is 194 Å². The van der Waals surface area contributed by atoms with E-state index in [0.717, 1.165) is 22.4 Å². The van der Waals surface area contributed by atoms with Crippen molar-refractivity contribution in [2.45, 2.75) is 45.9 Å². The van der Waals surface area contributed by atoms with E-state index in [1.807, 2.05) is 56.0 Å². The third-order valence-electron chi connectivity index (χ3n) is 6.28. The molecule has 3 heterocycles. The highest BCUT2D eigenvalue weighted by molar-refractivity contribution is 6.35. The lowest BCUT2D eigenvalue weighted by Crippen LogP contribution is -2.53. The fourth-order valence-electron chi connectivity index (χ4n) is 4.38. The van der Waals surface area contributed by atoms with Gasteiger partial charge in [-0.25, -0.2) is 4.98 Å². The number of benzene rings is 1. The summed E-state index contributed by atoms with van der Waals surface area (Å²) in [4.78, 5) is 33.3. The van der Waals surface area contributed by atoms with Crippen molar-refractivity contribution in [2.24, 2.45) is 0 Å². The highest BCUT2D eigenvalue weighted by Crippen LogP contribution is 2.35. The Bertz CT molecular complexity index is 1100. The van der Waals surface area contributed by atoms with Crippen molar-refractivity contribution < 1.29 is 14.3 Å². The van der Waals surface area contributed by atoms with Gasteiger partial charge in [-0.15, -0.1) is 0 Å². The fourth-order valence-corrected chi connectivity index (χ4v) is 4.38. The van der Waals surface area contributed by atoms with Crippen LogP contribution in [0.15, 0.2) is 30.3 Å². The van der Waals surface area contributed by atoms with E-state index in [0.29, 0.717) is 57.1 Å². The highest BCUT2D eigenvalue weighted by atomic mass is 16.5. The Hall–Kier alpha value is -3.44. The van der Waals surface area contributed by atoms with Crippen molar-refractivity contribution >= 4 is 17.6 Å². The first-order valence-corrected chi connectivity index (χ1v) is 11.2. The Morgan fingerprint density at radius 1 is 1.15 bits per heavy atom. The Balaban J connectivity index is 1.43. The van der Waals surface area contributed by atoms with Gasteiger partial charge in [0.25, 0.3) is 0 Å². The second-order valence-electron chi connectivity index (χ2n) is 9.14. The molecule has 1 N–H and O–H groups in total. The van der Waals surface area contributed by atoms with Crippen LogP contribution in [0.4, 0.5) is 5.82 Å². The van der Waals surface area contributed by atoms with Gasteiger partial charge in [0.2, 0.25) is 0 Å². The minimum atomic E-state index is -0.602. The maximum Gasteiger partial charge on any atom is 0.312 e. The van der Waals surface area contributed by atoms with E-state index < -0.39 is 11.8 Å². The molecular formula is C25H29N5O3. The minimum Gasteiger partial charge on any atom is -0.370 e. The summed E-state index contributed by atoms with van der Waals surface area (Å²) in [6, 6.07) is 11.9. The number of nitrogens with one attached hydrogen (secondary N) is 1. The third kappa shape index (κ3) is 4.83. The predicted octanol–water partition coefficient (Wildman–Crippen LogP) is 2.08. The summed E-state index contributed by atoms with van der Waals surface area (Å²) in [6.07, 6.45) is 0.654. The number of nitrogens with zero attached hydrogens (tertiary/aromatic N) is 4. The van der Waals surface area contributed by atoms with Gasteiger partial charge in [-0.05, 0) is 31.9 Å². The number of pyridine rings is 1. The van der Waals surface area contributed by atoms with Crippen LogP contribution in [-0.4, -0.2) is 53.5 Å². The van der Waals surface area contributed by atoms with Crippen LogP contribution in [-0.2, 0) is 33.9 Å². The Morgan fingerprint density at radius 2 is 1.85 bits per heavy atom. The molecule has 0 radical (unpaired) electrons. The van der Waals surface area contributed by atoms with Gasteiger partial charge in [0.05, 0.1) is 17.8 Å². The molecule has 2 aliphatic rings. The van der Waals surface area contributed by atoms with Gasteiger partial charge in [-0.1, -0.05) is 30.3 Å². The molecule has 33 heavy (non-hydrogen) atoms. The number of aryl methyl sites for hydroxylation is 1. The first kappa shape index (κ1) is 22.7. The van der Waals surface area contributed by atoms with Crippen molar-refractivity contribution in [3.8, 4) is 6.07 Å². The lowest BCUT2D eigenvalue weighted by atomic mass is 9.88. The average Bonchev–Trinajstić information content (AvgIpc) is 2.82. The normalized spacial score (nSPS) is 17.2. The largest absolute Gasteiger partial charge is 0.370 e. The summed E-state index contributed by atoms with van der Waals surface area (Å²) >= 11 is 0. The van der Waals surface area contributed by atoms with Crippen LogP contribution in [0.25, 0.3) is 0 Å². The predicted molar refractivity (Wildman–Crippen MR) is 123 cm³/mol. The number of ether oxygens (including phenoxy) is 1. The van der Waals surface area contributed by atoms with Crippen LogP contribution in [0.3, 0.4) is 0 Å². The molecule has 1 fully saturated rings. The van der Waals surface area contributed by atoms with Gasteiger partial charge < -0.3 is 19.9 Å². The van der Waals surface area contributed by atoms with Gasteiger partial charge >= 0.3 is 11.8 Å². The number of hydrogen-bond acceptors (Lipinski definition) is 6. The summed E-state index contributed by atoms with van der Waals surface area (Å²) in [5, 5.41) is 12.7. The summed E-state index contributed by atoms with van der Waals surface area (Å²) in [7, 11) is 0. The molecule has 0 spiro atoms. The quantitative estimate of drug-likeness (QED) is 0.724. The maximum absolute atomic E-state index is 12.6. The second kappa shape index (κ2) is 9.20. The molecule has 0 unspecified atom stereocenters. The van der Waals surface area contributed by atoms with Crippen molar-refractivity contribution in [1.29, 1.82) is 5.26 Å². The number of carbonyl (C=O) groups excluding carboxylic acids is 2. The van der Waals surface area contributed by atoms with Gasteiger partial charge in [-0.2, -0.15) is 5.26 Å². The number of carbonyl (C=O) groups is 2. The number of hydrogen-bond donors (Lipinski definition) is 1. The molecule has 0 atom stereocenters. The molecule has 1 aromatic heterocycles. The van der Waals surface area contributed by atoms with E-state index in [9.17, 15) is 14.9 Å². The molecule has 8 heteroatoms. The van der Waals surface area contributed by atoms with E-state index in [1.54, 1.807) is 4.90 Å². The molecular weight excluding hydrogens is 418 g/mol. The number of aromatic nitrogens is 1. The third-order valence-corrected chi connectivity index (χ3v) is 6.28. The number of anilines is 1. The monoisotopic (exact) mass is 447 g/mol. The van der Waals surface area contributed by atoms with E-state index in [2.05, 4.69) is 11.4 Å². The Kier molecular flexibility index (Phi) is 6.34. The van der Waals surface area contributed by atoms with E-state index in [1.165, 1.54) is 0 Å². The first-order valence-electron chi connectivity index (χ1n) is 11.2. The SMILES string of the molecule is Cc1nc(N2CCN(C(=O)C(=O)NCc3ccccc3)CC2)c(C#N)c2c1COC(C)(C)C2. The highest BCUT2D eigenvalue weighted by Gasteiger charge is 2.33. The summed E-state index contributed by atoms with van der Waals surface area (Å²) in [6.45, 7) is 8.59. The molecule has 2 aliphatic heterocycles. The first-order chi connectivity index (χ1) is 15.8. The number of fused-ring (bicyclic) bond motifs is 1. The number of nitriles is 1. The van der Waals surface area contributed by atoms with Gasteiger partial charge in [0.15, 0.2) is 0 Å². The van der Waals surface area contributed by atoms with Crippen molar-refractivity contribution in [3.05, 3.63) is 58.3 Å². The zero-order valence-corrected chi connectivity index (χ0v) is 19.4. The van der Waals surface area contributed by atoms with Crippen molar-refractivity contribution in [1.82, 2.24) is 15.2 Å². The molecule has 4 rings (SSSR count). The zero-order valence-electron chi connectivity index (χ0n) is 19.4. The van der Waals surface area contributed by atoms with Crippen LogP contribution in [0.1, 0.15) is 41.8 Å². The molecule has 1 aromatic carbocycles. The summed E-state index contributed by atoms with van der Waals surface area (Å²) in [5.74, 6) is -0.471. The van der Waals surface area contributed by atoms with E-state index in [-0.39, 0.29) is 5.60 Å². The number of piperazine rings is 1. The van der Waals surface area contributed by atoms with Gasteiger partial charge in [0, 0.05) is 50.4 Å². The molecule has 0 saturated carbocycles. The molecule has 2 amide bonds. The van der Waals surface area contributed by atoms with E-state index >= 15 is 0 Å². The summed E-state index contributed by atoms with van der Waals surface area (Å²) in [5.41, 5.74) is 4.08. The van der Waals surface area contributed by atoms with Crippen molar-refractivity contribution in [2.75, 3.05) is 31.1 Å². The van der Waals surface area contributed by atoms with Crippen LogP contribution < -0.4 is 10.2 Å². The average molecular weight is 448 g/mol. The zero-order chi connectivity index (χ0) is 23.6.